The Kier molecular flexibility index (Phi) is 9.28. The zero-order valence-corrected chi connectivity index (χ0v) is 24.2. The predicted molar refractivity (Wildman–Crippen MR) is 156 cm³/mol. The number of amides is 1. The van der Waals surface area contributed by atoms with Gasteiger partial charge in [0.2, 0.25) is 15.9 Å². The highest BCUT2D eigenvalue weighted by Gasteiger charge is 2.31. The van der Waals surface area contributed by atoms with E-state index >= 15 is 0 Å². The number of nitrogens with zero attached hydrogens (tertiary/aromatic N) is 3. The molecule has 1 aromatic heterocycles. The highest BCUT2D eigenvalue weighted by atomic mass is 32.2. The van der Waals surface area contributed by atoms with Crippen LogP contribution in [0.1, 0.15) is 24.5 Å². The van der Waals surface area contributed by atoms with E-state index in [0.29, 0.717) is 36.0 Å². The number of alkyl halides is 3. The van der Waals surface area contributed by atoms with Crippen LogP contribution >= 0.6 is 0 Å². The van der Waals surface area contributed by atoms with Crippen molar-refractivity contribution < 1.29 is 31.1 Å². The monoisotopic (exact) mass is 606 g/mol. The maximum Gasteiger partial charge on any atom is 0.416 e. The maximum atomic E-state index is 13.1. The molecule has 2 aromatic carbocycles. The molecule has 10 nitrogen and oxygen atoms in total. The Hall–Kier alpha value is -3.88. The number of rotatable bonds is 8. The summed E-state index contributed by atoms with van der Waals surface area (Å²) < 4.78 is 72.8. The minimum Gasteiger partial charge on any atom is -0.439 e. The van der Waals surface area contributed by atoms with Crippen molar-refractivity contribution in [2.75, 3.05) is 38.3 Å². The van der Waals surface area contributed by atoms with Gasteiger partial charge >= 0.3 is 12.2 Å². The van der Waals surface area contributed by atoms with Gasteiger partial charge in [0, 0.05) is 54.2 Å². The first-order chi connectivity index (χ1) is 19.8. The van der Waals surface area contributed by atoms with E-state index in [2.05, 4.69) is 15.6 Å². The zero-order valence-electron chi connectivity index (χ0n) is 23.4. The fourth-order valence-corrected chi connectivity index (χ4v) is 6.00. The molecule has 226 valence electrons. The number of aliphatic imine (C=N–C) groups is 1. The molecule has 1 unspecified atom stereocenters. The van der Waals surface area contributed by atoms with E-state index in [-0.39, 0.29) is 29.9 Å². The number of sulfonamides is 1. The zero-order chi connectivity index (χ0) is 30.7. The molecule has 1 fully saturated rings. The van der Waals surface area contributed by atoms with Crippen molar-refractivity contribution in [2.45, 2.75) is 32.0 Å². The molecule has 1 amide bonds. The van der Waals surface area contributed by atoms with Gasteiger partial charge < -0.3 is 21.1 Å². The molecule has 2 heterocycles. The number of nitrogens with two attached hydrogens (primary N) is 1. The predicted octanol–water partition coefficient (Wildman–Crippen LogP) is 4.18. The number of hydrogen-bond donors (Lipinski definition) is 3. The average molecular weight is 607 g/mol. The van der Waals surface area contributed by atoms with Gasteiger partial charge in [0.05, 0.1) is 23.9 Å². The van der Waals surface area contributed by atoms with E-state index in [1.807, 2.05) is 6.92 Å². The molecule has 0 saturated carbocycles. The number of fused-ring (bicyclic) bond motifs is 1. The molecule has 14 heteroatoms. The molecule has 4 rings (SSSR count). The Morgan fingerprint density at radius 3 is 2.67 bits per heavy atom. The number of anilines is 1. The second-order valence-electron chi connectivity index (χ2n) is 9.86. The number of ether oxygens (including phenoxy) is 1. The van der Waals surface area contributed by atoms with Gasteiger partial charge in [-0.1, -0.05) is 13.0 Å². The van der Waals surface area contributed by atoms with Crippen molar-refractivity contribution in [2.24, 2.45) is 10.7 Å². The largest absolute Gasteiger partial charge is 0.439 e. The summed E-state index contributed by atoms with van der Waals surface area (Å²) in [5, 5.41) is 6.37. The molecular formula is C28H33F3N6O4S. The van der Waals surface area contributed by atoms with Crippen LogP contribution in [0.3, 0.4) is 0 Å². The van der Waals surface area contributed by atoms with Crippen molar-refractivity contribution in [3.63, 3.8) is 0 Å². The molecule has 1 atom stereocenters. The van der Waals surface area contributed by atoms with Crippen LogP contribution in [0.2, 0.25) is 0 Å². The highest BCUT2D eigenvalue weighted by molar-refractivity contribution is 7.88. The number of carbonyl (C=O) groups is 1. The number of aromatic nitrogens is 1. The maximum absolute atomic E-state index is 13.1. The Labute approximate surface area is 242 Å². The molecule has 1 saturated heterocycles. The van der Waals surface area contributed by atoms with Crippen molar-refractivity contribution >= 4 is 38.5 Å². The second kappa shape index (κ2) is 12.5. The van der Waals surface area contributed by atoms with Gasteiger partial charge in [0.1, 0.15) is 5.75 Å². The molecule has 0 aliphatic carbocycles. The lowest BCUT2D eigenvalue weighted by Crippen LogP contribution is -2.43. The standard InChI is InChI=1S/C28H33F3N6O4S/c1-4-22-23-11-13-36(27(38)35-20-7-5-6-18(14-20)28(29,30)31)24(23)8-9-25(22)41-26(33-2)15-19(32)17-37(42(3,39)40)21-10-12-34-16-21/h5-9,11,13-15,21,34H,4,10,12,16-17,32H2,1-3H3,(H,35,38)/b19-15-,33-26?. The average Bonchev–Trinajstić information content (AvgIpc) is 3.61. The summed E-state index contributed by atoms with van der Waals surface area (Å²) in [5.41, 5.74) is 6.92. The molecule has 0 spiro atoms. The third-order valence-corrected chi connectivity index (χ3v) is 8.18. The summed E-state index contributed by atoms with van der Waals surface area (Å²) in [7, 11) is -1.99. The van der Waals surface area contributed by atoms with Crippen LogP contribution in [-0.4, -0.2) is 68.2 Å². The summed E-state index contributed by atoms with van der Waals surface area (Å²) in [6, 6.07) is 8.64. The molecule has 4 N–H and O–H groups in total. The Morgan fingerprint density at radius 2 is 2.05 bits per heavy atom. The summed E-state index contributed by atoms with van der Waals surface area (Å²) in [6.45, 7) is 3.16. The molecule has 0 bridgehead atoms. The van der Waals surface area contributed by atoms with E-state index < -0.39 is 27.8 Å². The second-order valence-corrected chi connectivity index (χ2v) is 11.8. The van der Waals surface area contributed by atoms with E-state index in [1.54, 1.807) is 18.2 Å². The number of halogens is 3. The summed E-state index contributed by atoms with van der Waals surface area (Å²) in [4.78, 5) is 17.1. The Balaban J connectivity index is 1.55. The molecule has 1 aliphatic rings. The van der Waals surface area contributed by atoms with Crippen molar-refractivity contribution in [3.8, 4) is 5.75 Å². The first-order valence-electron chi connectivity index (χ1n) is 13.2. The number of benzene rings is 2. The summed E-state index contributed by atoms with van der Waals surface area (Å²) in [5.74, 6) is 0.631. The Morgan fingerprint density at radius 1 is 1.29 bits per heavy atom. The summed E-state index contributed by atoms with van der Waals surface area (Å²) >= 11 is 0. The minimum absolute atomic E-state index is 0.0131. The van der Waals surface area contributed by atoms with E-state index in [9.17, 15) is 26.4 Å². The molecule has 42 heavy (non-hydrogen) atoms. The minimum atomic E-state index is -4.53. The van der Waals surface area contributed by atoms with Crippen LogP contribution in [0, 0.1) is 0 Å². The topological polar surface area (TPSA) is 131 Å². The highest BCUT2D eigenvalue weighted by Crippen LogP contribution is 2.32. The fourth-order valence-electron chi connectivity index (χ4n) is 4.89. The molecule has 3 aromatic rings. The number of carbonyl (C=O) groups excluding carboxylic acids is 1. The van der Waals surface area contributed by atoms with Crippen LogP contribution < -0.4 is 21.1 Å². The van der Waals surface area contributed by atoms with Crippen LogP contribution in [0.15, 0.2) is 65.4 Å². The summed E-state index contributed by atoms with van der Waals surface area (Å²) in [6.07, 6.45) is 0.841. The number of nitrogens with one attached hydrogen (secondary N) is 2. The normalized spacial score (nSPS) is 16.8. The molecule has 1 aliphatic heterocycles. The van der Waals surface area contributed by atoms with Crippen molar-refractivity contribution in [3.05, 3.63) is 71.6 Å². The van der Waals surface area contributed by atoms with Gasteiger partial charge in [-0.25, -0.2) is 13.2 Å². The fraction of sp³-hybridized carbons (Fsp3) is 0.357. The van der Waals surface area contributed by atoms with Crippen LogP contribution in [0.5, 0.6) is 5.75 Å². The Bertz CT molecular complexity index is 1630. The number of aryl methyl sites for hydroxylation is 1. The van der Waals surface area contributed by atoms with Gasteiger partial charge in [-0.3, -0.25) is 9.56 Å². The van der Waals surface area contributed by atoms with Crippen LogP contribution in [0.4, 0.5) is 23.7 Å². The van der Waals surface area contributed by atoms with Crippen LogP contribution in [-0.2, 0) is 22.6 Å². The quantitative estimate of drug-likeness (QED) is 0.261. The lowest BCUT2D eigenvalue weighted by molar-refractivity contribution is -0.137. The van der Waals surface area contributed by atoms with Gasteiger partial charge in [0.25, 0.3) is 0 Å². The lowest BCUT2D eigenvalue weighted by Gasteiger charge is -2.26. The third kappa shape index (κ3) is 7.12. The first kappa shape index (κ1) is 31.1. The van der Waals surface area contributed by atoms with E-state index in [1.165, 1.54) is 40.3 Å². The van der Waals surface area contributed by atoms with Gasteiger partial charge in [-0.05, 0) is 55.8 Å². The van der Waals surface area contributed by atoms with Crippen molar-refractivity contribution in [1.29, 1.82) is 0 Å². The van der Waals surface area contributed by atoms with Gasteiger partial charge in [-0.2, -0.15) is 17.5 Å². The van der Waals surface area contributed by atoms with Crippen molar-refractivity contribution in [1.82, 2.24) is 14.2 Å². The smallest absolute Gasteiger partial charge is 0.416 e. The first-order valence-corrected chi connectivity index (χ1v) is 15.1. The van der Waals surface area contributed by atoms with E-state index in [4.69, 9.17) is 10.5 Å². The number of hydrogen-bond acceptors (Lipinski definition) is 7. The lowest BCUT2D eigenvalue weighted by atomic mass is 10.1. The van der Waals surface area contributed by atoms with E-state index in [0.717, 1.165) is 30.5 Å². The van der Waals surface area contributed by atoms with Gasteiger partial charge in [-0.15, -0.1) is 0 Å². The van der Waals surface area contributed by atoms with Gasteiger partial charge in [0.15, 0.2) is 0 Å². The van der Waals surface area contributed by atoms with Crippen LogP contribution in [0.25, 0.3) is 10.9 Å². The molecule has 0 radical (unpaired) electrons. The third-order valence-electron chi connectivity index (χ3n) is 6.90. The molecular weight excluding hydrogens is 573 g/mol. The SMILES string of the molecule is CCc1c(OC(/C=C(\N)CN(C2CCNC2)S(C)(=O)=O)=NC)ccc2c1ccn2C(=O)Nc1cccc(C(F)(F)F)c1.